The summed E-state index contributed by atoms with van der Waals surface area (Å²) in [6.45, 7) is 1.93. The zero-order chi connectivity index (χ0) is 14.7. The van der Waals surface area contributed by atoms with Crippen LogP contribution >= 0.6 is 15.9 Å². The van der Waals surface area contributed by atoms with Gasteiger partial charge in [0.1, 0.15) is 5.82 Å². The summed E-state index contributed by atoms with van der Waals surface area (Å²) in [7, 11) is 0. The van der Waals surface area contributed by atoms with Crippen LogP contribution < -0.4 is 5.32 Å². The summed E-state index contributed by atoms with van der Waals surface area (Å²) in [5.74, 6) is -1.26. The number of halogens is 2. The van der Waals surface area contributed by atoms with Crippen LogP contribution in [0.25, 0.3) is 0 Å². The van der Waals surface area contributed by atoms with Crippen molar-refractivity contribution in [3.05, 3.63) is 63.9 Å². The summed E-state index contributed by atoms with van der Waals surface area (Å²) in [6.07, 6.45) is 0. The highest BCUT2D eigenvalue weighted by molar-refractivity contribution is 9.10. The third-order valence-electron chi connectivity index (χ3n) is 2.90. The normalized spacial score (nSPS) is 11.9. The molecule has 20 heavy (non-hydrogen) atoms. The van der Waals surface area contributed by atoms with E-state index >= 15 is 0 Å². The van der Waals surface area contributed by atoms with E-state index in [-0.39, 0.29) is 17.4 Å². The molecule has 0 aromatic heterocycles. The molecule has 2 aromatic rings. The molecule has 1 atom stereocenters. The Balaban J connectivity index is 2.21. The number of carboxylic acids is 1. The molecule has 2 aromatic carbocycles. The van der Waals surface area contributed by atoms with E-state index < -0.39 is 5.97 Å². The molecule has 0 bridgehead atoms. The highest BCUT2D eigenvalue weighted by Gasteiger charge is 2.09. The Bertz CT molecular complexity index is 628. The molecule has 0 aliphatic carbocycles. The molecule has 0 aliphatic heterocycles. The van der Waals surface area contributed by atoms with Crippen LogP contribution in [0.5, 0.6) is 0 Å². The Morgan fingerprint density at radius 2 is 1.90 bits per heavy atom. The topological polar surface area (TPSA) is 49.3 Å². The summed E-state index contributed by atoms with van der Waals surface area (Å²) in [4.78, 5) is 11.0. The molecule has 1 unspecified atom stereocenters. The van der Waals surface area contributed by atoms with E-state index in [2.05, 4.69) is 21.2 Å². The van der Waals surface area contributed by atoms with Gasteiger partial charge in [-0.05, 0) is 42.8 Å². The van der Waals surface area contributed by atoms with Crippen LogP contribution in [0, 0.1) is 5.82 Å². The molecule has 104 valence electrons. The van der Waals surface area contributed by atoms with E-state index in [0.717, 1.165) is 5.56 Å². The number of hydrogen-bond acceptors (Lipinski definition) is 2. The van der Waals surface area contributed by atoms with Gasteiger partial charge in [0.05, 0.1) is 5.56 Å². The largest absolute Gasteiger partial charge is 0.478 e. The van der Waals surface area contributed by atoms with E-state index in [1.807, 2.05) is 6.92 Å². The maximum atomic E-state index is 12.9. The fraction of sp³-hybridized carbons (Fsp3) is 0.133. The van der Waals surface area contributed by atoms with Gasteiger partial charge in [-0.25, -0.2) is 9.18 Å². The second-order valence-corrected chi connectivity index (χ2v) is 5.37. The molecule has 2 rings (SSSR count). The third-order valence-corrected chi connectivity index (χ3v) is 3.36. The van der Waals surface area contributed by atoms with Gasteiger partial charge < -0.3 is 10.4 Å². The van der Waals surface area contributed by atoms with E-state index in [1.54, 1.807) is 24.3 Å². The predicted molar refractivity (Wildman–Crippen MR) is 79.5 cm³/mol. The van der Waals surface area contributed by atoms with Crippen LogP contribution in [0.4, 0.5) is 10.1 Å². The minimum Gasteiger partial charge on any atom is -0.478 e. The van der Waals surface area contributed by atoms with Crippen molar-refractivity contribution in [2.45, 2.75) is 13.0 Å². The lowest BCUT2D eigenvalue weighted by molar-refractivity contribution is 0.0697. The van der Waals surface area contributed by atoms with Crippen LogP contribution in [-0.4, -0.2) is 11.1 Å². The predicted octanol–water partition coefficient (Wildman–Crippen LogP) is 4.46. The molecule has 0 saturated carbocycles. The molecule has 0 fully saturated rings. The Morgan fingerprint density at radius 1 is 1.25 bits per heavy atom. The van der Waals surface area contributed by atoms with E-state index in [9.17, 15) is 9.18 Å². The fourth-order valence-corrected chi connectivity index (χ4v) is 2.37. The van der Waals surface area contributed by atoms with E-state index in [4.69, 9.17) is 5.11 Å². The molecule has 0 aliphatic rings. The molecule has 3 nitrogen and oxygen atoms in total. The van der Waals surface area contributed by atoms with Crippen molar-refractivity contribution in [2.75, 3.05) is 5.32 Å². The molecule has 0 radical (unpaired) electrons. The molecular weight excluding hydrogens is 325 g/mol. The first kappa shape index (κ1) is 14.5. The van der Waals surface area contributed by atoms with Crippen molar-refractivity contribution in [1.82, 2.24) is 0 Å². The first-order valence-electron chi connectivity index (χ1n) is 6.01. The summed E-state index contributed by atoms with van der Waals surface area (Å²) >= 11 is 3.28. The van der Waals surface area contributed by atoms with Gasteiger partial charge in [-0.1, -0.05) is 28.1 Å². The molecule has 0 amide bonds. The summed E-state index contributed by atoms with van der Waals surface area (Å²) < 4.78 is 13.6. The van der Waals surface area contributed by atoms with Crippen molar-refractivity contribution in [1.29, 1.82) is 0 Å². The maximum absolute atomic E-state index is 12.9. The minimum atomic E-state index is -0.983. The molecular formula is C15H13BrFNO2. The van der Waals surface area contributed by atoms with Crippen LogP contribution in [0.1, 0.15) is 28.9 Å². The molecule has 2 N–H and O–H groups in total. The van der Waals surface area contributed by atoms with Gasteiger partial charge in [0.25, 0.3) is 0 Å². The third kappa shape index (κ3) is 3.57. The number of anilines is 1. The second-order valence-electron chi connectivity index (χ2n) is 4.45. The zero-order valence-electron chi connectivity index (χ0n) is 10.7. The average molecular weight is 338 g/mol. The summed E-state index contributed by atoms with van der Waals surface area (Å²) in [5, 5.41) is 12.2. The van der Waals surface area contributed by atoms with Crippen molar-refractivity contribution >= 4 is 27.6 Å². The summed E-state index contributed by atoms with van der Waals surface area (Å²) in [6, 6.07) is 11.0. The van der Waals surface area contributed by atoms with Crippen LogP contribution in [0.2, 0.25) is 0 Å². The number of rotatable bonds is 4. The summed E-state index contributed by atoms with van der Waals surface area (Å²) in [5.41, 5.74) is 1.81. The number of hydrogen-bond donors (Lipinski definition) is 2. The van der Waals surface area contributed by atoms with Gasteiger partial charge in [-0.15, -0.1) is 0 Å². The van der Waals surface area contributed by atoms with Crippen molar-refractivity contribution in [3.8, 4) is 0 Å². The van der Waals surface area contributed by atoms with Crippen LogP contribution in [0.15, 0.2) is 46.9 Å². The van der Waals surface area contributed by atoms with Crippen molar-refractivity contribution < 1.29 is 14.3 Å². The van der Waals surface area contributed by atoms with Gasteiger partial charge in [0.2, 0.25) is 0 Å². The quantitative estimate of drug-likeness (QED) is 0.865. The van der Waals surface area contributed by atoms with E-state index in [0.29, 0.717) is 10.2 Å². The maximum Gasteiger partial charge on any atom is 0.335 e. The van der Waals surface area contributed by atoms with Crippen molar-refractivity contribution in [2.24, 2.45) is 0 Å². The van der Waals surface area contributed by atoms with Gasteiger partial charge in [-0.3, -0.25) is 0 Å². The smallest absolute Gasteiger partial charge is 0.335 e. The van der Waals surface area contributed by atoms with Crippen LogP contribution in [0.3, 0.4) is 0 Å². The SMILES string of the molecule is CC(Nc1cc(Br)cc(C(=O)O)c1)c1ccc(F)cc1. The van der Waals surface area contributed by atoms with Gasteiger partial charge in [-0.2, -0.15) is 0 Å². The zero-order valence-corrected chi connectivity index (χ0v) is 12.3. The lowest BCUT2D eigenvalue weighted by Crippen LogP contribution is -2.07. The van der Waals surface area contributed by atoms with Gasteiger partial charge in [0, 0.05) is 16.2 Å². The first-order valence-corrected chi connectivity index (χ1v) is 6.81. The first-order chi connectivity index (χ1) is 9.45. The highest BCUT2D eigenvalue weighted by atomic mass is 79.9. The number of nitrogens with one attached hydrogen (secondary N) is 1. The van der Waals surface area contributed by atoms with Crippen LogP contribution in [-0.2, 0) is 0 Å². The number of benzene rings is 2. The van der Waals surface area contributed by atoms with Gasteiger partial charge in [0.15, 0.2) is 0 Å². The monoisotopic (exact) mass is 337 g/mol. The molecule has 0 saturated heterocycles. The fourth-order valence-electron chi connectivity index (χ4n) is 1.88. The molecule has 0 heterocycles. The Morgan fingerprint density at radius 3 is 2.50 bits per heavy atom. The average Bonchev–Trinajstić information content (AvgIpc) is 2.38. The number of aromatic carboxylic acids is 1. The Labute approximate surface area is 124 Å². The van der Waals surface area contributed by atoms with Crippen molar-refractivity contribution in [3.63, 3.8) is 0 Å². The standard InChI is InChI=1S/C15H13BrFNO2/c1-9(10-2-4-13(17)5-3-10)18-14-7-11(15(19)20)6-12(16)8-14/h2-9,18H,1H3,(H,19,20). The van der Waals surface area contributed by atoms with E-state index in [1.165, 1.54) is 18.2 Å². The minimum absolute atomic E-state index is 0.0634. The Hall–Kier alpha value is -1.88. The molecule has 0 spiro atoms. The van der Waals surface area contributed by atoms with Gasteiger partial charge >= 0.3 is 5.97 Å². The lowest BCUT2D eigenvalue weighted by Gasteiger charge is -2.16. The second kappa shape index (κ2) is 6.05. The number of carboxylic acid groups (broad SMARTS) is 1. The Kier molecular flexibility index (Phi) is 4.39. The molecule has 5 heteroatoms. The lowest BCUT2D eigenvalue weighted by atomic mass is 10.1. The highest BCUT2D eigenvalue weighted by Crippen LogP contribution is 2.24. The number of carbonyl (C=O) groups is 1.